The van der Waals surface area contributed by atoms with Crippen LogP contribution in [0, 0.1) is 5.92 Å². The van der Waals surface area contributed by atoms with E-state index in [4.69, 9.17) is 0 Å². The molecule has 0 aromatic heterocycles. The van der Waals surface area contributed by atoms with Crippen molar-refractivity contribution in [2.75, 3.05) is 26.7 Å². The second-order valence-electron chi connectivity index (χ2n) is 8.89. The Morgan fingerprint density at radius 3 is 2.63 bits per heavy atom. The molecule has 1 N–H and O–H groups in total. The first-order valence-corrected chi connectivity index (χ1v) is 11.1. The van der Waals surface area contributed by atoms with E-state index in [1.54, 1.807) is 9.80 Å². The molecule has 2 rings (SSSR count). The van der Waals surface area contributed by atoms with Crippen LogP contribution in [0.2, 0.25) is 0 Å². The molecule has 166 valence electrons. The Kier molecular flexibility index (Phi) is 8.88. The van der Waals surface area contributed by atoms with Crippen molar-refractivity contribution in [3.05, 3.63) is 34.9 Å². The summed E-state index contributed by atoms with van der Waals surface area (Å²) in [5, 5.41) is 3.04. The predicted octanol–water partition coefficient (Wildman–Crippen LogP) is 3.96. The third-order valence-electron chi connectivity index (χ3n) is 5.69. The van der Waals surface area contributed by atoms with Crippen molar-refractivity contribution in [3.8, 4) is 0 Å². The van der Waals surface area contributed by atoms with Gasteiger partial charge in [0.05, 0.1) is 6.04 Å². The summed E-state index contributed by atoms with van der Waals surface area (Å²) in [5.74, 6) is 0.364. The van der Waals surface area contributed by atoms with Gasteiger partial charge in [0.25, 0.3) is 0 Å². The summed E-state index contributed by atoms with van der Waals surface area (Å²) in [6, 6.07) is -0.681. The summed E-state index contributed by atoms with van der Waals surface area (Å²) in [4.78, 5) is 33.8. The molecule has 30 heavy (non-hydrogen) atoms. The van der Waals surface area contributed by atoms with Crippen LogP contribution in [-0.2, 0) is 4.79 Å². The second kappa shape index (κ2) is 11.1. The largest absolute Gasteiger partial charge is 0.340 e. The van der Waals surface area contributed by atoms with E-state index in [-0.39, 0.29) is 18.0 Å². The van der Waals surface area contributed by atoms with E-state index in [0.717, 1.165) is 25.0 Å². The van der Waals surface area contributed by atoms with Crippen molar-refractivity contribution >= 4 is 18.2 Å². The van der Waals surface area contributed by atoms with Gasteiger partial charge in [0.2, 0.25) is 5.91 Å². The van der Waals surface area contributed by atoms with Gasteiger partial charge in [-0.1, -0.05) is 37.6 Å². The lowest BCUT2D eigenvalue weighted by molar-refractivity contribution is -0.133. The van der Waals surface area contributed by atoms with E-state index >= 15 is 0 Å². The van der Waals surface area contributed by atoms with E-state index in [0.29, 0.717) is 25.4 Å². The summed E-state index contributed by atoms with van der Waals surface area (Å²) >= 11 is 0. The van der Waals surface area contributed by atoms with Gasteiger partial charge in [-0.2, -0.15) is 0 Å². The zero-order chi connectivity index (χ0) is 22.3. The highest BCUT2D eigenvalue weighted by molar-refractivity contribution is 5.89. The molecule has 0 saturated carbocycles. The number of carbonyl (C=O) groups is 2. The molecule has 0 aromatic rings. The number of rotatable bonds is 7. The van der Waals surface area contributed by atoms with E-state index in [1.165, 1.54) is 11.1 Å². The summed E-state index contributed by atoms with van der Waals surface area (Å²) < 4.78 is 0. The number of likely N-dealkylation sites (N-methyl/N-ethyl adjacent to an activating group) is 1. The van der Waals surface area contributed by atoms with Gasteiger partial charge in [-0.3, -0.25) is 9.79 Å². The van der Waals surface area contributed by atoms with Gasteiger partial charge < -0.3 is 15.1 Å². The van der Waals surface area contributed by atoms with Gasteiger partial charge >= 0.3 is 6.03 Å². The molecule has 2 heterocycles. The number of aliphatic imine (C=N–C) groups is 1. The summed E-state index contributed by atoms with van der Waals surface area (Å²) in [6.07, 6.45) is 10.6. The first-order chi connectivity index (χ1) is 14.2. The third-order valence-corrected chi connectivity index (χ3v) is 5.69. The molecule has 6 nitrogen and oxygen atoms in total. The fourth-order valence-electron chi connectivity index (χ4n) is 3.74. The minimum atomic E-state index is -0.395. The average Bonchev–Trinajstić information content (AvgIpc) is 3.20. The maximum atomic E-state index is 13.2. The number of urea groups is 1. The highest BCUT2D eigenvalue weighted by Crippen LogP contribution is 2.21. The lowest BCUT2D eigenvalue weighted by Crippen LogP contribution is -2.52. The Bertz CT molecular complexity index is 744. The summed E-state index contributed by atoms with van der Waals surface area (Å²) in [6.45, 7) is 12.4. The molecule has 1 fully saturated rings. The number of likely N-dealkylation sites (tertiary alicyclic amines) is 1. The molecule has 6 heteroatoms. The fourth-order valence-corrected chi connectivity index (χ4v) is 3.74. The third kappa shape index (κ3) is 6.57. The number of amides is 3. The van der Waals surface area contributed by atoms with Crippen LogP contribution in [-0.4, -0.2) is 66.7 Å². The van der Waals surface area contributed by atoms with Crippen LogP contribution in [0.5, 0.6) is 0 Å². The van der Waals surface area contributed by atoms with Crippen LogP contribution < -0.4 is 5.32 Å². The van der Waals surface area contributed by atoms with Crippen molar-refractivity contribution in [2.45, 2.75) is 66.0 Å². The Balaban J connectivity index is 2.02. The number of allylic oxidation sites excluding steroid dienone is 3. The molecule has 2 aliphatic rings. The average molecular weight is 415 g/mol. The molecule has 2 aliphatic heterocycles. The lowest BCUT2D eigenvalue weighted by Gasteiger charge is -2.30. The Labute approximate surface area is 181 Å². The first-order valence-electron chi connectivity index (χ1n) is 11.1. The lowest BCUT2D eigenvalue weighted by atomic mass is 10.0. The van der Waals surface area contributed by atoms with Crippen molar-refractivity contribution in [2.24, 2.45) is 10.9 Å². The molecule has 0 aliphatic carbocycles. The van der Waals surface area contributed by atoms with Gasteiger partial charge in [0.15, 0.2) is 0 Å². The molecule has 2 atom stereocenters. The molecule has 1 saturated heterocycles. The fraction of sp³-hybridized carbons (Fsp3) is 0.625. The van der Waals surface area contributed by atoms with Crippen LogP contribution in [0.4, 0.5) is 4.79 Å². The normalized spacial score (nSPS) is 20.1. The molecule has 3 amide bonds. The van der Waals surface area contributed by atoms with Crippen molar-refractivity contribution in [1.82, 2.24) is 15.1 Å². The molecular weight excluding hydrogens is 376 g/mol. The zero-order valence-electron chi connectivity index (χ0n) is 19.4. The van der Waals surface area contributed by atoms with Crippen LogP contribution in [0.25, 0.3) is 0 Å². The maximum Gasteiger partial charge on any atom is 0.318 e. The van der Waals surface area contributed by atoms with E-state index in [1.807, 2.05) is 20.2 Å². The topological polar surface area (TPSA) is 65.0 Å². The standard InChI is InChI=1S/C24H38N4O2/c1-17(2)11-12-21(18(3)4)16-27(6)23(29)22-10-8-14-28(22)24(30)26-19(5)20-9-7-13-25-15-20/h9,11-12,15,18-19,22H,7-8,10,13-14,16H2,1-6H3,(H,26,30)/b21-12-/t19-,22-/m1/s1. The van der Waals surface area contributed by atoms with Crippen molar-refractivity contribution in [3.63, 3.8) is 0 Å². The Morgan fingerprint density at radius 2 is 2.03 bits per heavy atom. The van der Waals surface area contributed by atoms with Crippen molar-refractivity contribution < 1.29 is 9.59 Å². The molecule has 0 unspecified atom stereocenters. The Hall–Kier alpha value is -2.37. The zero-order valence-corrected chi connectivity index (χ0v) is 19.4. The first kappa shape index (κ1) is 23.9. The summed E-state index contributed by atoms with van der Waals surface area (Å²) in [5.41, 5.74) is 3.46. The molecule has 0 bridgehead atoms. The van der Waals surface area contributed by atoms with Crippen molar-refractivity contribution in [1.29, 1.82) is 0 Å². The van der Waals surface area contributed by atoms with E-state index < -0.39 is 6.04 Å². The second-order valence-corrected chi connectivity index (χ2v) is 8.89. The van der Waals surface area contributed by atoms with Crippen LogP contribution >= 0.6 is 0 Å². The monoisotopic (exact) mass is 414 g/mol. The van der Waals surface area contributed by atoms with Gasteiger partial charge in [0.1, 0.15) is 6.04 Å². The maximum absolute atomic E-state index is 13.2. The van der Waals surface area contributed by atoms with Crippen LogP contribution in [0.3, 0.4) is 0 Å². The minimum Gasteiger partial charge on any atom is -0.340 e. The van der Waals surface area contributed by atoms with E-state index in [9.17, 15) is 9.59 Å². The number of dihydropyridines is 1. The quantitative estimate of drug-likeness (QED) is 0.641. The van der Waals surface area contributed by atoms with E-state index in [2.05, 4.69) is 56.2 Å². The smallest absolute Gasteiger partial charge is 0.318 e. The van der Waals surface area contributed by atoms with Gasteiger partial charge in [-0.15, -0.1) is 0 Å². The highest BCUT2D eigenvalue weighted by atomic mass is 16.2. The van der Waals surface area contributed by atoms with Crippen LogP contribution in [0.15, 0.2) is 39.9 Å². The molecular formula is C24H38N4O2. The number of carbonyl (C=O) groups excluding carboxylic acids is 2. The Morgan fingerprint density at radius 1 is 1.30 bits per heavy atom. The molecule has 0 spiro atoms. The highest BCUT2D eigenvalue weighted by Gasteiger charge is 2.36. The SMILES string of the molecule is CC(C)=C/C=C(/CN(C)C(=O)[C@H]1CCCN1C(=O)N[C@H](C)C1=CCCN=C1)C(C)C. The number of nitrogens with one attached hydrogen (secondary N) is 1. The van der Waals surface area contributed by atoms with Gasteiger partial charge in [-0.25, -0.2) is 4.79 Å². The number of hydrogen-bond acceptors (Lipinski definition) is 3. The van der Waals surface area contributed by atoms with Crippen LogP contribution in [0.1, 0.15) is 53.9 Å². The molecule has 0 radical (unpaired) electrons. The predicted molar refractivity (Wildman–Crippen MR) is 124 cm³/mol. The number of nitrogens with zero attached hydrogens (tertiary/aromatic N) is 3. The minimum absolute atomic E-state index is 0.0116. The summed E-state index contributed by atoms with van der Waals surface area (Å²) in [7, 11) is 1.83. The van der Waals surface area contributed by atoms with Gasteiger partial charge in [-0.05, 0) is 57.1 Å². The number of hydrogen-bond donors (Lipinski definition) is 1. The molecule has 0 aromatic carbocycles. The van der Waals surface area contributed by atoms with Gasteiger partial charge in [0, 0.05) is 32.9 Å².